The van der Waals surface area contributed by atoms with Gasteiger partial charge in [-0.3, -0.25) is 8.97 Å². The molecule has 2 aliphatic carbocycles. The lowest BCUT2D eigenvalue weighted by Crippen LogP contribution is -2.48. The zero-order valence-corrected chi connectivity index (χ0v) is 24.2. The van der Waals surface area contributed by atoms with E-state index in [9.17, 15) is 0 Å². The van der Waals surface area contributed by atoms with Gasteiger partial charge in [0, 0.05) is 27.1 Å². The summed E-state index contributed by atoms with van der Waals surface area (Å²) >= 11 is 0. The third-order valence-electron chi connectivity index (χ3n) is 9.79. The highest BCUT2D eigenvalue weighted by molar-refractivity contribution is 5.34. The minimum absolute atomic E-state index is 0.417. The van der Waals surface area contributed by atoms with Crippen LogP contribution in [-0.2, 0) is 9.47 Å². The quantitative estimate of drug-likeness (QED) is 0.225. The highest BCUT2D eigenvalue weighted by Crippen LogP contribution is 2.40. The molecule has 4 rings (SSSR count). The predicted octanol–water partition coefficient (Wildman–Crippen LogP) is 7.04. The van der Waals surface area contributed by atoms with Crippen LogP contribution in [0, 0.1) is 0 Å². The van der Waals surface area contributed by atoms with Crippen molar-refractivity contribution in [2.45, 2.75) is 114 Å². The maximum absolute atomic E-state index is 5.67. The molecule has 2 heterocycles. The van der Waals surface area contributed by atoms with Crippen LogP contribution in [0.1, 0.15) is 89.9 Å². The van der Waals surface area contributed by atoms with E-state index in [0.29, 0.717) is 24.3 Å². The maximum Gasteiger partial charge on any atom is 0.115 e. The molecule has 0 aromatic heterocycles. The molecular formula is C32H54N2O2+2. The summed E-state index contributed by atoms with van der Waals surface area (Å²) in [6, 6.07) is 1.33. The molecule has 4 aliphatic rings. The van der Waals surface area contributed by atoms with Crippen molar-refractivity contribution in [1.29, 1.82) is 0 Å². The molecule has 4 nitrogen and oxygen atoms in total. The molecule has 0 amide bonds. The van der Waals surface area contributed by atoms with E-state index < -0.39 is 0 Å². The molecule has 4 heteroatoms. The second-order valence-electron chi connectivity index (χ2n) is 12.9. The van der Waals surface area contributed by atoms with Crippen molar-refractivity contribution < 1.29 is 18.4 Å². The predicted molar refractivity (Wildman–Crippen MR) is 150 cm³/mol. The fraction of sp³-hybridized carbons (Fsp3) is 0.750. The fourth-order valence-corrected chi connectivity index (χ4v) is 7.40. The van der Waals surface area contributed by atoms with Gasteiger partial charge in [0.25, 0.3) is 0 Å². The number of nitrogens with zero attached hydrogens (tertiary/aromatic N) is 2. The Balaban J connectivity index is 1.18. The molecule has 0 radical (unpaired) electrons. The third kappa shape index (κ3) is 6.43. The van der Waals surface area contributed by atoms with E-state index in [0.717, 1.165) is 21.8 Å². The van der Waals surface area contributed by atoms with Crippen LogP contribution in [-0.4, -0.2) is 75.7 Å². The number of hydrogen-bond donors (Lipinski definition) is 0. The molecule has 4 atom stereocenters. The zero-order valence-electron chi connectivity index (χ0n) is 24.2. The standard InChI is InChI=1S/C32H54N2O2/c1-33(2)21-19-25-23-27(35-5)15-17-29(25)31(33)13-11-9-7-8-10-12-14-32-30-18-16-28(36-6)24-26(30)20-22-34(32,3)4/h19-22,27-28,31-32H,7-18,23-24H2,1-6H3/q+2. The van der Waals surface area contributed by atoms with Crippen LogP contribution in [0.5, 0.6) is 0 Å². The zero-order chi connectivity index (χ0) is 25.8. The van der Waals surface area contributed by atoms with Gasteiger partial charge < -0.3 is 9.47 Å². The van der Waals surface area contributed by atoms with Crippen molar-refractivity contribution in [3.63, 3.8) is 0 Å². The lowest BCUT2D eigenvalue weighted by Gasteiger charge is -2.42. The van der Waals surface area contributed by atoms with Crippen molar-refractivity contribution in [1.82, 2.24) is 0 Å². The summed E-state index contributed by atoms with van der Waals surface area (Å²) in [5.41, 5.74) is 6.60. The van der Waals surface area contributed by atoms with E-state index in [1.54, 1.807) is 22.3 Å². The van der Waals surface area contributed by atoms with Crippen LogP contribution in [0.25, 0.3) is 0 Å². The van der Waals surface area contributed by atoms with Crippen LogP contribution >= 0.6 is 0 Å². The van der Waals surface area contributed by atoms with Gasteiger partial charge >= 0.3 is 0 Å². The normalized spacial score (nSPS) is 30.9. The Morgan fingerprint density at radius 1 is 0.639 bits per heavy atom. The monoisotopic (exact) mass is 498 g/mol. The highest BCUT2D eigenvalue weighted by atomic mass is 16.5. The van der Waals surface area contributed by atoms with Gasteiger partial charge in [-0.15, -0.1) is 0 Å². The Kier molecular flexibility index (Phi) is 9.36. The number of likely N-dealkylation sites (N-methyl/N-ethyl adjacent to an activating group) is 2. The first-order chi connectivity index (χ1) is 17.2. The second kappa shape index (κ2) is 12.1. The van der Waals surface area contributed by atoms with Gasteiger partial charge in [-0.25, -0.2) is 0 Å². The van der Waals surface area contributed by atoms with E-state index in [-0.39, 0.29) is 0 Å². The average molecular weight is 499 g/mol. The number of rotatable bonds is 11. The van der Waals surface area contributed by atoms with Crippen molar-refractivity contribution in [3.8, 4) is 0 Å². The Bertz CT molecular complexity index is 807. The maximum atomic E-state index is 5.67. The lowest BCUT2D eigenvalue weighted by molar-refractivity contribution is -0.861. The summed E-state index contributed by atoms with van der Waals surface area (Å²) in [6.07, 6.45) is 28.4. The first kappa shape index (κ1) is 27.8. The highest BCUT2D eigenvalue weighted by Gasteiger charge is 2.38. The number of allylic oxidation sites excluding steroid dienone is 2. The molecule has 0 N–H and O–H groups in total. The molecule has 0 saturated heterocycles. The summed E-state index contributed by atoms with van der Waals surface area (Å²) in [7, 11) is 13.3. The molecule has 0 saturated carbocycles. The fourth-order valence-electron chi connectivity index (χ4n) is 7.40. The third-order valence-corrected chi connectivity index (χ3v) is 9.79. The van der Waals surface area contributed by atoms with Gasteiger partial charge in [-0.2, -0.15) is 0 Å². The van der Waals surface area contributed by atoms with Gasteiger partial charge in [0.05, 0.1) is 52.8 Å². The second-order valence-corrected chi connectivity index (χ2v) is 12.9. The van der Waals surface area contributed by atoms with Crippen molar-refractivity contribution in [2.24, 2.45) is 0 Å². The van der Waals surface area contributed by atoms with Gasteiger partial charge in [-0.1, -0.05) is 25.7 Å². The first-order valence-corrected chi connectivity index (χ1v) is 14.8. The van der Waals surface area contributed by atoms with Crippen LogP contribution in [0.15, 0.2) is 46.8 Å². The number of quaternary nitrogens is 2. The molecule has 4 unspecified atom stereocenters. The molecule has 0 spiro atoms. The van der Waals surface area contributed by atoms with Crippen LogP contribution in [0.2, 0.25) is 0 Å². The van der Waals surface area contributed by atoms with Crippen molar-refractivity contribution >= 4 is 0 Å². The van der Waals surface area contributed by atoms with E-state index in [1.807, 2.05) is 14.2 Å². The average Bonchev–Trinajstić information content (AvgIpc) is 2.86. The minimum Gasteiger partial charge on any atom is -0.381 e. The molecule has 36 heavy (non-hydrogen) atoms. The Morgan fingerprint density at radius 2 is 1.03 bits per heavy atom. The van der Waals surface area contributed by atoms with Crippen LogP contribution in [0.4, 0.5) is 0 Å². The van der Waals surface area contributed by atoms with Gasteiger partial charge in [0.1, 0.15) is 12.1 Å². The summed E-state index contributed by atoms with van der Waals surface area (Å²) in [4.78, 5) is 0. The van der Waals surface area contributed by atoms with Crippen LogP contribution in [0.3, 0.4) is 0 Å². The van der Waals surface area contributed by atoms with Crippen molar-refractivity contribution in [3.05, 3.63) is 46.8 Å². The van der Waals surface area contributed by atoms with E-state index in [2.05, 4.69) is 52.7 Å². The summed E-state index contributed by atoms with van der Waals surface area (Å²) in [5, 5.41) is 0. The van der Waals surface area contributed by atoms with Gasteiger partial charge in [0.2, 0.25) is 0 Å². The lowest BCUT2D eigenvalue weighted by atomic mass is 9.81. The minimum atomic E-state index is 0.417. The molecule has 0 bridgehead atoms. The molecule has 0 fully saturated rings. The smallest absolute Gasteiger partial charge is 0.115 e. The largest absolute Gasteiger partial charge is 0.381 e. The number of ether oxygens (including phenoxy) is 2. The Morgan fingerprint density at radius 3 is 1.42 bits per heavy atom. The Hall–Kier alpha value is -1.20. The molecular weight excluding hydrogens is 444 g/mol. The topological polar surface area (TPSA) is 18.5 Å². The van der Waals surface area contributed by atoms with E-state index in [1.165, 1.54) is 77.0 Å². The van der Waals surface area contributed by atoms with Gasteiger partial charge in [0.15, 0.2) is 0 Å². The van der Waals surface area contributed by atoms with Crippen LogP contribution < -0.4 is 0 Å². The molecule has 0 aromatic carbocycles. The molecule has 0 aromatic rings. The summed E-state index contributed by atoms with van der Waals surface area (Å²) in [6.45, 7) is 0. The number of hydrogen-bond acceptors (Lipinski definition) is 2. The summed E-state index contributed by atoms with van der Waals surface area (Å²) < 4.78 is 13.4. The van der Waals surface area contributed by atoms with E-state index >= 15 is 0 Å². The van der Waals surface area contributed by atoms with E-state index in [4.69, 9.17) is 9.47 Å². The summed E-state index contributed by atoms with van der Waals surface area (Å²) in [5.74, 6) is 0. The SMILES string of the molecule is COC1CCC2=C(C=C[N+](C)(C)C2CCCCCCCCC2C3=C(C=C[N+]2(C)C)CC(OC)CC3)C1. The molecule has 202 valence electrons. The van der Waals surface area contributed by atoms with Crippen molar-refractivity contribution in [2.75, 3.05) is 42.4 Å². The Labute approximate surface area is 221 Å². The molecule has 2 aliphatic heterocycles. The number of unbranched alkanes of at least 4 members (excludes halogenated alkanes) is 5. The first-order valence-electron chi connectivity index (χ1n) is 14.8. The van der Waals surface area contributed by atoms with Gasteiger partial charge in [-0.05, 0) is 85.8 Å². The number of methoxy groups -OCH3 is 2.